The number of carboxylic acids is 1. The van der Waals surface area contributed by atoms with E-state index in [4.69, 9.17) is 0 Å². The van der Waals surface area contributed by atoms with E-state index in [2.05, 4.69) is 0 Å². The number of hydrogen-bond acceptors (Lipinski definition) is 2. The Morgan fingerprint density at radius 2 is 1.59 bits per heavy atom. The van der Waals surface area contributed by atoms with Crippen molar-refractivity contribution in [2.45, 2.75) is 13.8 Å². The average Bonchev–Trinajstić information content (AvgIpc) is 2.79. The standard InChI is InChI=1S/C18H15NO3/c1-11-7-3-4-8-13(11)17(20)19-12(2)16(18(21)22)14-9-5-6-10-15(14)19/h3-10H,1-2H3,(H,21,22). The lowest BCUT2D eigenvalue weighted by Crippen LogP contribution is -2.15. The molecule has 0 amide bonds. The third kappa shape index (κ3) is 2.00. The van der Waals surface area contributed by atoms with Crippen LogP contribution in [0.3, 0.4) is 0 Å². The van der Waals surface area contributed by atoms with Gasteiger partial charge in [-0.3, -0.25) is 9.36 Å². The molecule has 0 aliphatic rings. The highest BCUT2D eigenvalue weighted by atomic mass is 16.4. The highest BCUT2D eigenvalue weighted by molar-refractivity contribution is 6.11. The van der Waals surface area contributed by atoms with Crippen molar-refractivity contribution in [2.75, 3.05) is 0 Å². The number of carboxylic acid groups (broad SMARTS) is 1. The molecule has 0 atom stereocenters. The maximum atomic E-state index is 12.9. The van der Waals surface area contributed by atoms with Crippen molar-refractivity contribution in [1.29, 1.82) is 0 Å². The van der Waals surface area contributed by atoms with Gasteiger partial charge in [0.25, 0.3) is 5.91 Å². The predicted molar refractivity (Wildman–Crippen MR) is 84.5 cm³/mol. The van der Waals surface area contributed by atoms with E-state index in [1.165, 1.54) is 4.57 Å². The molecule has 2 aromatic carbocycles. The summed E-state index contributed by atoms with van der Waals surface area (Å²) in [6.07, 6.45) is 0. The second-order valence-electron chi connectivity index (χ2n) is 5.24. The van der Waals surface area contributed by atoms with Crippen LogP contribution >= 0.6 is 0 Å². The minimum atomic E-state index is -1.02. The Kier molecular flexibility index (Phi) is 3.29. The average molecular weight is 293 g/mol. The minimum absolute atomic E-state index is 0.178. The number of benzene rings is 2. The van der Waals surface area contributed by atoms with Gasteiger partial charge in [0.2, 0.25) is 0 Å². The van der Waals surface area contributed by atoms with Crippen LogP contribution in [0.4, 0.5) is 0 Å². The molecule has 4 nitrogen and oxygen atoms in total. The maximum absolute atomic E-state index is 12.9. The van der Waals surface area contributed by atoms with Crippen LogP contribution in [0.15, 0.2) is 48.5 Å². The number of para-hydroxylation sites is 1. The number of aromatic carboxylic acids is 1. The van der Waals surface area contributed by atoms with Crippen molar-refractivity contribution in [1.82, 2.24) is 4.57 Å². The highest BCUT2D eigenvalue weighted by Crippen LogP contribution is 2.27. The molecule has 110 valence electrons. The summed E-state index contributed by atoms with van der Waals surface area (Å²) in [6.45, 7) is 3.53. The Balaban J connectivity index is 2.32. The van der Waals surface area contributed by atoms with Gasteiger partial charge in [-0.15, -0.1) is 0 Å². The van der Waals surface area contributed by atoms with E-state index in [0.717, 1.165) is 5.56 Å². The second kappa shape index (κ2) is 5.15. The Bertz CT molecular complexity index is 906. The fourth-order valence-electron chi connectivity index (χ4n) is 2.83. The molecule has 3 aromatic rings. The van der Waals surface area contributed by atoms with Gasteiger partial charge < -0.3 is 5.11 Å². The molecule has 0 aliphatic carbocycles. The van der Waals surface area contributed by atoms with Gasteiger partial charge in [-0.1, -0.05) is 36.4 Å². The molecule has 0 radical (unpaired) electrons. The topological polar surface area (TPSA) is 59.3 Å². The number of carbonyl (C=O) groups excluding carboxylic acids is 1. The predicted octanol–water partition coefficient (Wildman–Crippen LogP) is 3.64. The largest absolute Gasteiger partial charge is 0.478 e. The number of fused-ring (bicyclic) bond motifs is 1. The number of nitrogens with zero attached hydrogens (tertiary/aromatic N) is 1. The number of carbonyl (C=O) groups is 2. The Hall–Kier alpha value is -2.88. The van der Waals surface area contributed by atoms with Crippen molar-refractivity contribution in [3.63, 3.8) is 0 Å². The second-order valence-corrected chi connectivity index (χ2v) is 5.24. The van der Waals surface area contributed by atoms with E-state index < -0.39 is 5.97 Å². The molecular weight excluding hydrogens is 278 g/mol. The highest BCUT2D eigenvalue weighted by Gasteiger charge is 2.23. The molecule has 0 fully saturated rings. The fourth-order valence-corrected chi connectivity index (χ4v) is 2.83. The van der Waals surface area contributed by atoms with Crippen LogP contribution in [0.2, 0.25) is 0 Å². The van der Waals surface area contributed by atoms with Gasteiger partial charge in [0.1, 0.15) is 0 Å². The van der Waals surface area contributed by atoms with Gasteiger partial charge in [-0.25, -0.2) is 4.79 Å². The van der Waals surface area contributed by atoms with Crippen LogP contribution in [0.25, 0.3) is 10.9 Å². The third-order valence-electron chi connectivity index (χ3n) is 3.90. The molecule has 0 spiro atoms. The SMILES string of the molecule is Cc1ccccc1C(=O)n1c(C)c(C(=O)O)c2ccccc21. The van der Waals surface area contributed by atoms with Crippen LogP contribution in [0, 0.1) is 13.8 Å². The summed E-state index contributed by atoms with van der Waals surface area (Å²) in [5.74, 6) is -1.23. The first-order chi connectivity index (χ1) is 10.5. The molecule has 22 heavy (non-hydrogen) atoms. The summed E-state index contributed by atoms with van der Waals surface area (Å²) in [5.41, 5.74) is 2.68. The zero-order chi connectivity index (χ0) is 15.9. The first kappa shape index (κ1) is 14.1. The zero-order valence-electron chi connectivity index (χ0n) is 12.3. The van der Waals surface area contributed by atoms with E-state index in [1.807, 2.05) is 19.1 Å². The van der Waals surface area contributed by atoms with Crippen molar-refractivity contribution >= 4 is 22.8 Å². The number of aromatic nitrogens is 1. The molecule has 1 heterocycles. The fraction of sp³-hybridized carbons (Fsp3) is 0.111. The summed E-state index contributed by atoms with van der Waals surface area (Å²) in [4.78, 5) is 24.5. The Labute approximate surface area is 127 Å². The Morgan fingerprint density at radius 1 is 0.955 bits per heavy atom. The van der Waals surface area contributed by atoms with Gasteiger partial charge in [-0.2, -0.15) is 0 Å². The van der Waals surface area contributed by atoms with Gasteiger partial charge in [0, 0.05) is 16.6 Å². The minimum Gasteiger partial charge on any atom is -0.478 e. The van der Waals surface area contributed by atoms with Crippen LogP contribution in [-0.4, -0.2) is 21.6 Å². The van der Waals surface area contributed by atoms with E-state index in [9.17, 15) is 14.7 Å². The zero-order valence-corrected chi connectivity index (χ0v) is 12.3. The smallest absolute Gasteiger partial charge is 0.338 e. The molecule has 4 heteroatoms. The molecule has 0 unspecified atom stereocenters. The molecule has 1 aromatic heterocycles. The normalized spacial score (nSPS) is 10.8. The lowest BCUT2D eigenvalue weighted by molar-refractivity contribution is 0.0698. The molecule has 0 bridgehead atoms. The summed E-state index contributed by atoms with van der Waals surface area (Å²) in [5, 5.41) is 10.0. The van der Waals surface area contributed by atoms with Crippen molar-refractivity contribution in [3.8, 4) is 0 Å². The van der Waals surface area contributed by atoms with Crippen molar-refractivity contribution in [2.24, 2.45) is 0 Å². The van der Waals surface area contributed by atoms with Crippen LogP contribution < -0.4 is 0 Å². The van der Waals surface area contributed by atoms with Crippen molar-refractivity contribution in [3.05, 3.63) is 70.9 Å². The van der Waals surface area contributed by atoms with Crippen LogP contribution in [0.5, 0.6) is 0 Å². The summed E-state index contributed by atoms with van der Waals surface area (Å²) in [6, 6.07) is 14.4. The van der Waals surface area contributed by atoms with Gasteiger partial charge in [0.15, 0.2) is 0 Å². The van der Waals surface area contributed by atoms with Crippen LogP contribution in [-0.2, 0) is 0 Å². The summed E-state index contributed by atoms with van der Waals surface area (Å²) in [7, 11) is 0. The lowest BCUT2D eigenvalue weighted by atomic mass is 10.1. The van der Waals surface area contributed by atoms with Gasteiger partial charge in [0.05, 0.1) is 11.1 Å². The first-order valence-corrected chi connectivity index (χ1v) is 6.96. The lowest BCUT2D eigenvalue weighted by Gasteiger charge is -2.09. The van der Waals surface area contributed by atoms with Crippen LogP contribution in [0.1, 0.15) is 32.0 Å². The molecule has 1 N–H and O–H groups in total. The van der Waals surface area contributed by atoms with Gasteiger partial charge >= 0.3 is 5.97 Å². The van der Waals surface area contributed by atoms with Gasteiger partial charge in [-0.05, 0) is 31.5 Å². The molecule has 0 saturated carbocycles. The van der Waals surface area contributed by atoms with E-state index in [1.54, 1.807) is 43.3 Å². The monoisotopic (exact) mass is 293 g/mol. The first-order valence-electron chi connectivity index (χ1n) is 6.96. The molecule has 3 rings (SSSR count). The maximum Gasteiger partial charge on any atom is 0.338 e. The van der Waals surface area contributed by atoms with E-state index >= 15 is 0 Å². The molecular formula is C18H15NO3. The third-order valence-corrected chi connectivity index (χ3v) is 3.90. The van der Waals surface area contributed by atoms with E-state index in [0.29, 0.717) is 22.2 Å². The summed E-state index contributed by atoms with van der Waals surface area (Å²) >= 11 is 0. The molecule has 0 saturated heterocycles. The number of rotatable bonds is 2. The quantitative estimate of drug-likeness (QED) is 0.784. The summed E-state index contributed by atoms with van der Waals surface area (Å²) < 4.78 is 1.49. The van der Waals surface area contributed by atoms with Crippen molar-refractivity contribution < 1.29 is 14.7 Å². The molecule has 0 aliphatic heterocycles. The Morgan fingerprint density at radius 3 is 2.27 bits per heavy atom. The number of hydrogen-bond donors (Lipinski definition) is 1. The van der Waals surface area contributed by atoms with E-state index in [-0.39, 0.29) is 11.5 Å². The number of aryl methyl sites for hydroxylation is 1.